The molecular formula is C20H34O4S. The summed E-state index contributed by atoms with van der Waals surface area (Å²) in [7, 11) is -4.22. The third kappa shape index (κ3) is 8.23. The fraction of sp³-hybridized carbons (Fsp3) is 0.700. The summed E-state index contributed by atoms with van der Waals surface area (Å²) in [5.74, 6) is 0.589. The number of hydrogen-bond acceptors (Lipinski definition) is 3. The van der Waals surface area contributed by atoms with Crippen molar-refractivity contribution in [2.45, 2.75) is 90.4 Å². The number of rotatable bonds is 13. The Hall–Kier alpha value is -1.07. The van der Waals surface area contributed by atoms with Gasteiger partial charge in [0.15, 0.2) is 0 Å². The molecular weight excluding hydrogens is 336 g/mol. The molecule has 5 heteroatoms. The number of hydrogen-bond donors (Lipinski definition) is 1. The lowest BCUT2D eigenvalue weighted by Gasteiger charge is -2.19. The van der Waals surface area contributed by atoms with E-state index in [-0.39, 0.29) is 6.42 Å². The van der Waals surface area contributed by atoms with Crippen LogP contribution in [0.25, 0.3) is 0 Å². The van der Waals surface area contributed by atoms with Crippen molar-refractivity contribution in [2.24, 2.45) is 0 Å². The van der Waals surface area contributed by atoms with Gasteiger partial charge in [0.05, 0.1) is 0 Å². The minimum atomic E-state index is -4.22. The van der Waals surface area contributed by atoms with E-state index in [1.54, 1.807) is 0 Å². The molecule has 0 saturated carbocycles. The van der Waals surface area contributed by atoms with Crippen LogP contribution in [0.2, 0.25) is 0 Å². The number of ether oxygens (including phenoxy) is 1. The molecule has 1 N–H and O–H groups in total. The van der Waals surface area contributed by atoms with E-state index in [0.717, 1.165) is 44.1 Å². The predicted octanol–water partition coefficient (Wildman–Crippen LogP) is 5.54. The third-order valence-electron chi connectivity index (χ3n) is 4.36. The molecule has 1 aromatic carbocycles. The molecule has 0 radical (unpaired) electrons. The largest absolute Gasteiger partial charge is 0.472 e. The van der Waals surface area contributed by atoms with Crippen molar-refractivity contribution in [3.8, 4) is 5.75 Å². The predicted molar refractivity (Wildman–Crippen MR) is 104 cm³/mol. The van der Waals surface area contributed by atoms with E-state index < -0.39 is 15.6 Å². The van der Waals surface area contributed by atoms with Crippen LogP contribution in [0.1, 0.15) is 83.3 Å². The minimum Gasteiger partial charge on any atom is -0.472 e. The van der Waals surface area contributed by atoms with Crippen LogP contribution < -0.4 is 4.74 Å². The standard InChI is InChI=1S/C20H34O4S/c1-4-7-9-12-17-14-15-19(18(16-17)13-10-8-5-2)24-20(11-6-3)25(21,22)23/h14-16,20H,4-13H2,1-3H3,(H,21,22,23). The lowest BCUT2D eigenvalue weighted by atomic mass is 10.00. The first-order valence-electron chi connectivity index (χ1n) is 9.67. The van der Waals surface area contributed by atoms with Crippen LogP contribution in [-0.2, 0) is 23.0 Å². The minimum absolute atomic E-state index is 0.283. The van der Waals surface area contributed by atoms with Crippen LogP contribution in [0.15, 0.2) is 18.2 Å². The maximum atomic E-state index is 11.6. The van der Waals surface area contributed by atoms with Gasteiger partial charge in [-0.25, -0.2) is 0 Å². The van der Waals surface area contributed by atoms with Gasteiger partial charge in [-0.3, -0.25) is 4.55 Å². The van der Waals surface area contributed by atoms with Crippen LogP contribution >= 0.6 is 0 Å². The smallest absolute Gasteiger partial charge is 0.303 e. The van der Waals surface area contributed by atoms with Gasteiger partial charge in [0, 0.05) is 6.42 Å². The second-order valence-corrected chi connectivity index (χ2v) is 8.26. The maximum absolute atomic E-state index is 11.6. The third-order valence-corrected chi connectivity index (χ3v) is 5.35. The zero-order valence-corrected chi connectivity index (χ0v) is 16.8. The van der Waals surface area contributed by atoms with Crippen molar-refractivity contribution in [3.63, 3.8) is 0 Å². The van der Waals surface area contributed by atoms with Crippen molar-refractivity contribution in [3.05, 3.63) is 29.3 Å². The number of benzene rings is 1. The topological polar surface area (TPSA) is 63.6 Å². The molecule has 25 heavy (non-hydrogen) atoms. The van der Waals surface area contributed by atoms with Crippen molar-refractivity contribution in [1.82, 2.24) is 0 Å². The Morgan fingerprint density at radius 2 is 1.60 bits per heavy atom. The lowest BCUT2D eigenvalue weighted by molar-refractivity contribution is 0.243. The van der Waals surface area contributed by atoms with Crippen LogP contribution in [0.5, 0.6) is 5.75 Å². The van der Waals surface area contributed by atoms with E-state index in [1.807, 2.05) is 19.1 Å². The summed E-state index contributed by atoms with van der Waals surface area (Å²) in [5, 5.41) is 0. The number of unbranched alkanes of at least 4 members (excludes halogenated alkanes) is 4. The molecule has 0 aromatic heterocycles. The van der Waals surface area contributed by atoms with E-state index in [9.17, 15) is 13.0 Å². The van der Waals surface area contributed by atoms with Crippen molar-refractivity contribution < 1.29 is 17.7 Å². The Kier molecular flexibility index (Phi) is 10.1. The Labute approximate surface area is 153 Å². The molecule has 0 amide bonds. The maximum Gasteiger partial charge on any atom is 0.303 e. The van der Waals surface area contributed by atoms with Gasteiger partial charge in [0.1, 0.15) is 5.75 Å². The second-order valence-electron chi connectivity index (χ2n) is 6.71. The highest BCUT2D eigenvalue weighted by molar-refractivity contribution is 7.86. The monoisotopic (exact) mass is 370 g/mol. The molecule has 0 fully saturated rings. The second kappa shape index (κ2) is 11.5. The summed E-state index contributed by atoms with van der Waals surface area (Å²) < 4.78 is 38.3. The molecule has 0 aliphatic carbocycles. The summed E-state index contributed by atoms with van der Waals surface area (Å²) >= 11 is 0. The van der Waals surface area contributed by atoms with Gasteiger partial charge in [-0.05, 0) is 42.9 Å². The van der Waals surface area contributed by atoms with Crippen LogP contribution in [-0.4, -0.2) is 18.4 Å². The summed E-state index contributed by atoms with van der Waals surface area (Å²) in [6, 6.07) is 6.03. The fourth-order valence-corrected chi connectivity index (χ4v) is 3.65. The normalized spacial score (nSPS) is 13.0. The van der Waals surface area contributed by atoms with Crippen LogP contribution in [0.3, 0.4) is 0 Å². The first-order chi connectivity index (χ1) is 11.9. The molecule has 144 valence electrons. The Morgan fingerprint density at radius 3 is 2.16 bits per heavy atom. The summed E-state index contributed by atoms with van der Waals surface area (Å²) in [4.78, 5) is 0. The zero-order valence-electron chi connectivity index (χ0n) is 16.0. The summed E-state index contributed by atoms with van der Waals surface area (Å²) in [6.45, 7) is 6.23. The Bertz CT molecular complexity index is 596. The molecule has 0 aliphatic rings. The van der Waals surface area contributed by atoms with Gasteiger partial charge in [0.25, 0.3) is 0 Å². The van der Waals surface area contributed by atoms with Gasteiger partial charge < -0.3 is 4.74 Å². The zero-order chi connectivity index (χ0) is 18.7. The Morgan fingerprint density at radius 1 is 0.960 bits per heavy atom. The quantitative estimate of drug-likeness (QED) is 0.365. The van der Waals surface area contributed by atoms with Gasteiger partial charge in [-0.15, -0.1) is 0 Å². The molecule has 0 spiro atoms. The Balaban J connectivity index is 2.97. The van der Waals surface area contributed by atoms with Crippen molar-refractivity contribution >= 4 is 10.1 Å². The van der Waals surface area contributed by atoms with Gasteiger partial charge in [-0.1, -0.05) is 65.0 Å². The molecule has 4 nitrogen and oxygen atoms in total. The van der Waals surface area contributed by atoms with Crippen molar-refractivity contribution in [2.75, 3.05) is 0 Å². The van der Waals surface area contributed by atoms with Crippen LogP contribution in [0, 0.1) is 0 Å². The first kappa shape index (κ1) is 22.0. The molecule has 1 aromatic rings. The van der Waals surface area contributed by atoms with Gasteiger partial charge in [-0.2, -0.15) is 8.42 Å². The SMILES string of the molecule is CCCCCc1ccc(OC(CCC)S(=O)(=O)O)c(CCCCC)c1. The number of aryl methyl sites for hydroxylation is 2. The fourth-order valence-electron chi connectivity index (χ4n) is 2.89. The van der Waals surface area contributed by atoms with Crippen LogP contribution in [0.4, 0.5) is 0 Å². The molecule has 1 unspecified atom stereocenters. The molecule has 0 aliphatic heterocycles. The molecule has 1 rings (SSSR count). The van der Waals surface area contributed by atoms with Gasteiger partial charge in [0.2, 0.25) is 5.44 Å². The first-order valence-corrected chi connectivity index (χ1v) is 11.2. The summed E-state index contributed by atoms with van der Waals surface area (Å²) in [5.41, 5.74) is 1.13. The summed E-state index contributed by atoms with van der Waals surface area (Å²) in [6.07, 6.45) is 9.70. The molecule has 0 bridgehead atoms. The molecule has 0 heterocycles. The van der Waals surface area contributed by atoms with E-state index in [0.29, 0.717) is 12.2 Å². The lowest BCUT2D eigenvalue weighted by Crippen LogP contribution is -2.27. The molecule has 1 atom stereocenters. The average Bonchev–Trinajstić information content (AvgIpc) is 2.56. The van der Waals surface area contributed by atoms with E-state index in [4.69, 9.17) is 4.74 Å². The van der Waals surface area contributed by atoms with E-state index in [1.165, 1.54) is 18.4 Å². The highest BCUT2D eigenvalue weighted by Gasteiger charge is 2.25. The highest BCUT2D eigenvalue weighted by Crippen LogP contribution is 2.26. The van der Waals surface area contributed by atoms with Crippen molar-refractivity contribution in [1.29, 1.82) is 0 Å². The average molecular weight is 371 g/mol. The van der Waals surface area contributed by atoms with Gasteiger partial charge >= 0.3 is 10.1 Å². The van der Waals surface area contributed by atoms with E-state index in [2.05, 4.69) is 19.9 Å². The molecule has 0 saturated heterocycles. The highest BCUT2D eigenvalue weighted by atomic mass is 32.2. The van der Waals surface area contributed by atoms with E-state index >= 15 is 0 Å².